The van der Waals surface area contributed by atoms with Crippen LogP contribution in [-0.4, -0.2) is 29.9 Å². The van der Waals surface area contributed by atoms with Gasteiger partial charge < -0.3 is 10.6 Å². The zero-order chi connectivity index (χ0) is 13.8. The minimum atomic E-state index is 0.0868. The molecule has 4 heteroatoms. The van der Waals surface area contributed by atoms with Gasteiger partial charge in [-0.3, -0.25) is 4.79 Å². The Labute approximate surface area is 119 Å². The summed E-state index contributed by atoms with van der Waals surface area (Å²) in [5.74, 6) is 0.0868. The Morgan fingerprint density at radius 3 is 2.89 bits per heavy atom. The topological polar surface area (TPSA) is 46.3 Å². The van der Waals surface area contributed by atoms with Crippen molar-refractivity contribution in [3.05, 3.63) is 34.3 Å². The van der Waals surface area contributed by atoms with E-state index < -0.39 is 0 Å². The van der Waals surface area contributed by atoms with E-state index in [1.807, 2.05) is 24.0 Å². The van der Waals surface area contributed by atoms with Crippen molar-refractivity contribution in [1.29, 1.82) is 0 Å². The second-order valence-electron chi connectivity index (χ2n) is 5.24. The number of nitrogens with zero attached hydrogens (tertiary/aromatic N) is 1. The first-order chi connectivity index (χ1) is 9.11. The van der Waals surface area contributed by atoms with E-state index in [9.17, 15) is 4.79 Å². The van der Waals surface area contributed by atoms with E-state index in [0.29, 0.717) is 17.1 Å². The van der Waals surface area contributed by atoms with Crippen molar-refractivity contribution in [2.75, 3.05) is 13.1 Å². The van der Waals surface area contributed by atoms with E-state index in [0.717, 1.165) is 31.4 Å². The number of carbonyl (C=O) groups is 1. The summed E-state index contributed by atoms with van der Waals surface area (Å²) in [5, 5.41) is 0.621. The first-order valence-electron chi connectivity index (χ1n) is 6.90. The molecule has 2 N–H and O–H groups in total. The summed E-state index contributed by atoms with van der Waals surface area (Å²) < 4.78 is 0. The van der Waals surface area contributed by atoms with Gasteiger partial charge in [-0.05, 0) is 62.9 Å². The van der Waals surface area contributed by atoms with Gasteiger partial charge in [0.2, 0.25) is 0 Å². The van der Waals surface area contributed by atoms with Crippen LogP contribution in [0.15, 0.2) is 18.2 Å². The standard InChI is InChI=1S/C15H21ClN2O/c1-11-8-12(10-13(16)9-11)15(19)18-7-3-2-4-14(18)5-6-17/h8-10,14H,2-7,17H2,1H3. The maximum absolute atomic E-state index is 12.6. The first-order valence-corrected chi connectivity index (χ1v) is 7.28. The fourth-order valence-corrected chi connectivity index (χ4v) is 3.08. The smallest absolute Gasteiger partial charge is 0.254 e. The van der Waals surface area contributed by atoms with Crippen LogP contribution >= 0.6 is 11.6 Å². The van der Waals surface area contributed by atoms with Gasteiger partial charge >= 0.3 is 0 Å². The fraction of sp³-hybridized carbons (Fsp3) is 0.533. The summed E-state index contributed by atoms with van der Waals surface area (Å²) in [6.45, 7) is 3.41. The average molecular weight is 281 g/mol. The number of nitrogens with two attached hydrogens (primary N) is 1. The van der Waals surface area contributed by atoms with E-state index in [4.69, 9.17) is 17.3 Å². The van der Waals surface area contributed by atoms with Crippen molar-refractivity contribution in [3.63, 3.8) is 0 Å². The molecule has 1 atom stereocenters. The van der Waals surface area contributed by atoms with Crippen LogP contribution in [0, 0.1) is 6.92 Å². The van der Waals surface area contributed by atoms with Gasteiger partial charge in [0.25, 0.3) is 5.91 Å². The Morgan fingerprint density at radius 1 is 1.42 bits per heavy atom. The lowest BCUT2D eigenvalue weighted by Crippen LogP contribution is -2.44. The number of piperidine rings is 1. The zero-order valence-corrected chi connectivity index (χ0v) is 12.1. The zero-order valence-electron chi connectivity index (χ0n) is 11.4. The highest BCUT2D eigenvalue weighted by Crippen LogP contribution is 2.23. The fourth-order valence-electron chi connectivity index (χ4n) is 2.79. The third kappa shape index (κ3) is 3.48. The molecule has 1 aromatic rings. The molecule has 0 bridgehead atoms. The molecule has 1 fully saturated rings. The molecule has 104 valence electrons. The lowest BCUT2D eigenvalue weighted by atomic mass is 9.98. The van der Waals surface area contributed by atoms with Crippen molar-refractivity contribution in [2.24, 2.45) is 5.73 Å². The predicted octanol–water partition coefficient (Wildman–Crippen LogP) is 2.99. The number of benzene rings is 1. The normalized spacial score (nSPS) is 19.5. The third-order valence-electron chi connectivity index (χ3n) is 3.68. The van der Waals surface area contributed by atoms with Crippen LogP contribution in [0.2, 0.25) is 5.02 Å². The second kappa shape index (κ2) is 6.40. The quantitative estimate of drug-likeness (QED) is 0.925. The lowest BCUT2D eigenvalue weighted by Gasteiger charge is -2.35. The highest BCUT2D eigenvalue weighted by molar-refractivity contribution is 6.31. The molecular formula is C15H21ClN2O. The summed E-state index contributed by atoms with van der Waals surface area (Å²) in [4.78, 5) is 14.6. The Morgan fingerprint density at radius 2 is 2.21 bits per heavy atom. The molecule has 0 aliphatic carbocycles. The highest BCUT2D eigenvalue weighted by atomic mass is 35.5. The Hall–Kier alpha value is -1.06. The predicted molar refractivity (Wildman–Crippen MR) is 78.5 cm³/mol. The summed E-state index contributed by atoms with van der Waals surface area (Å²) in [7, 11) is 0. The number of rotatable bonds is 3. The van der Waals surface area contributed by atoms with Crippen molar-refractivity contribution < 1.29 is 4.79 Å². The van der Waals surface area contributed by atoms with Crippen molar-refractivity contribution >= 4 is 17.5 Å². The SMILES string of the molecule is Cc1cc(Cl)cc(C(=O)N2CCCCC2CCN)c1. The van der Waals surface area contributed by atoms with E-state index >= 15 is 0 Å². The van der Waals surface area contributed by atoms with Crippen LogP contribution in [0.1, 0.15) is 41.6 Å². The maximum Gasteiger partial charge on any atom is 0.254 e. The van der Waals surface area contributed by atoms with E-state index in [2.05, 4.69) is 0 Å². The minimum absolute atomic E-state index is 0.0868. The van der Waals surface area contributed by atoms with Crippen LogP contribution in [0.4, 0.5) is 0 Å². The molecule has 1 aliphatic rings. The van der Waals surface area contributed by atoms with Gasteiger partial charge in [0.05, 0.1) is 0 Å². The van der Waals surface area contributed by atoms with Crippen LogP contribution in [0.25, 0.3) is 0 Å². The van der Waals surface area contributed by atoms with E-state index in [1.54, 1.807) is 6.07 Å². The minimum Gasteiger partial charge on any atom is -0.336 e. The summed E-state index contributed by atoms with van der Waals surface area (Å²) in [6, 6.07) is 5.81. The van der Waals surface area contributed by atoms with Crippen LogP contribution in [0.5, 0.6) is 0 Å². The van der Waals surface area contributed by atoms with Gasteiger partial charge in [-0.1, -0.05) is 11.6 Å². The van der Waals surface area contributed by atoms with E-state index in [-0.39, 0.29) is 11.9 Å². The van der Waals surface area contributed by atoms with Crippen LogP contribution < -0.4 is 5.73 Å². The number of hydrogen-bond acceptors (Lipinski definition) is 2. The molecule has 1 amide bonds. The summed E-state index contributed by atoms with van der Waals surface area (Å²) in [6.07, 6.45) is 4.20. The van der Waals surface area contributed by atoms with Crippen molar-refractivity contribution in [2.45, 2.75) is 38.6 Å². The van der Waals surface area contributed by atoms with E-state index in [1.165, 1.54) is 6.42 Å². The van der Waals surface area contributed by atoms with Gasteiger partial charge in [-0.25, -0.2) is 0 Å². The Balaban J connectivity index is 2.20. The van der Waals surface area contributed by atoms with Gasteiger partial charge in [-0.2, -0.15) is 0 Å². The number of carbonyl (C=O) groups excluding carboxylic acids is 1. The van der Waals surface area contributed by atoms with Gasteiger partial charge in [0, 0.05) is 23.2 Å². The molecule has 0 saturated carbocycles. The molecule has 1 aromatic carbocycles. The molecule has 19 heavy (non-hydrogen) atoms. The Bertz CT molecular complexity index is 439. The lowest BCUT2D eigenvalue weighted by molar-refractivity contribution is 0.0605. The molecule has 0 aromatic heterocycles. The molecule has 1 heterocycles. The highest BCUT2D eigenvalue weighted by Gasteiger charge is 2.26. The van der Waals surface area contributed by atoms with Crippen LogP contribution in [0.3, 0.4) is 0 Å². The largest absolute Gasteiger partial charge is 0.336 e. The molecule has 0 spiro atoms. The second-order valence-corrected chi connectivity index (χ2v) is 5.68. The molecule has 1 unspecified atom stereocenters. The number of likely N-dealkylation sites (tertiary alicyclic amines) is 1. The van der Waals surface area contributed by atoms with Gasteiger partial charge in [0.15, 0.2) is 0 Å². The van der Waals surface area contributed by atoms with Crippen LogP contribution in [-0.2, 0) is 0 Å². The first kappa shape index (κ1) is 14.4. The molecular weight excluding hydrogens is 260 g/mol. The third-order valence-corrected chi connectivity index (χ3v) is 3.90. The molecule has 1 saturated heterocycles. The monoisotopic (exact) mass is 280 g/mol. The number of aryl methyl sites for hydroxylation is 1. The number of amides is 1. The maximum atomic E-state index is 12.6. The summed E-state index contributed by atoms with van der Waals surface area (Å²) in [5.41, 5.74) is 7.36. The molecule has 3 nitrogen and oxygen atoms in total. The molecule has 1 aliphatic heterocycles. The summed E-state index contributed by atoms with van der Waals surface area (Å²) >= 11 is 6.04. The number of hydrogen-bond donors (Lipinski definition) is 1. The van der Waals surface area contributed by atoms with Gasteiger partial charge in [0.1, 0.15) is 0 Å². The molecule has 0 radical (unpaired) electrons. The average Bonchev–Trinajstić information content (AvgIpc) is 2.38. The Kier molecular flexibility index (Phi) is 4.83. The molecule has 2 rings (SSSR count). The van der Waals surface area contributed by atoms with Gasteiger partial charge in [-0.15, -0.1) is 0 Å². The van der Waals surface area contributed by atoms with Crippen molar-refractivity contribution in [3.8, 4) is 0 Å². The number of halogens is 1. The van der Waals surface area contributed by atoms with Crippen molar-refractivity contribution in [1.82, 2.24) is 4.90 Å².